The molecule has 2 rings (SSSR count). The summed E-state index contributed by atoms with van der Waals surface area (Å²) in [6.45, 7) is 1.64. The third kappa shape index (κ3) is 3.70. The lowest BCUT2D eigenvalue weighted by molar-refractivity contribution is 0.0991. The lowest BCUT2D eigenvalue weighted by Crippen LogP contribution is -2.07. The van der Waals surface area contributed by atoms with Crippen LogP contribution >= 0.6 is 32.9 Å². The lowest BCUT2D eigenvalue weighted by atomic mass is 10.0. The number of hydrogen-bond donors (Lipinski definition) is 0. The number of carbonyl (C=O) groups excluding carboxylic acids is 1. The summed E-state index contributed by atoms with van der Waals surface area (Å²) in [5, 5.41) is 0. The van der Waals surface area contributed by atoms with Gasteiger partial charge in [-0.1, -0.05) is 15.9 Å². The Balaban J connectivity index is 0.00000180. The molecule has 0 saturated carbocycles. The number of alkyl halides is 1. The van der Waals surface area contributed by atoms with Gasteiger partial charge in [-0.25, -0.2) is 4.39 Å². The maximum atomic E-state index is 13.2. The second kappa shape index (κ2) is 6.91. The Hall–Kier alpha value is -1.07. The summed E-state index contributed by atoms with van der Waals surface area (Å²) in [5.74, 6) is -0.397. The number of carbonyl (C=O) groups is 1. The zero-order valence-corrected chi connectivity index (χ0v) is 13.4. The molecule has 0 N–H and O–H groups in total. The molecule has 0 amide bonds. The van der Waals surface area contributed by atoms with E-state index in [1.807, 2.05) is 0 Å². The van der Waals surface area contributed by atoms with Crippen LogP contribution in [0.25, 0.3) is 0 Å². The molecule has 0 aliphatic heterocycles. The van der Waals surface area contributed by atoms with Crippen LogP contribution < -0.4 is 0 Å². The van der Waals surface area contributed by atoms with Crippen molar-refractivity contribution in [3.63, 3.8) is 0 Å². The zero-order chi connectivity index (χ0) is 13.1. The van der Waals surface area contributed by atoms with Crippen LogP contribution in [-0.4, -0.2) is 10.8 Å². The third-order valence-electron chi connectivity index (χ3n) is 2.67. The van der Waals surface area contributed by atoms with Crippen molar-refractivity contribution >= 4 is 38.7 Å². The van der Waals surface area contributed by atoms with Crippen LogP contribution in [0.5, 0.6) is 0 Å². The van der Waals surface area contributed by atoms with E-state index in [-0.39, 0.29) is 28.6 Å². The molecule has 2 nitrogen and oxygen atoms in total. The minimum atomic E-state index is -0.439. The van der Waals surface area contributed by atoms with Crippen LogP contribution in [0.4, 0.5) is 4.39 Å². The van der Waals surface area contributed by atoms with Crippen molar-refractivity contribution < 1.29 is 9.18 Å². The molecule has 1 aromatic carbocycles. The topological polar surface area (TPSA) is 30.0 Å². The van der Waals surface area contributed by atoms with E-state index in [9.17, 15) is 9.18 Å². The first-order valence-corrected chi connectivity index (χ1v) is 6.35. The summed E-state index contributed by atoms with van der Waals surface area (Å²) in [4.78, 5) is 15.7. The van der Waals surface area contributed by atoms with E-state index in [0.717, 1.165) is 5.56 Å². The molecule has 0 radical (unpaired) electrons. The fourth-order valence-corrected chi connectivity index (χ4v) is 2.20. The van der Waals surface area contributed by atoms with Crippen LogP contribution in [0.1, 0.15) is 26.3 Å². The second-order valence-corrected chi connectivity index (χ2v) is 4.89. The number of aryl methyl sites for hydroxylation is 1. The standard InChI is InChI=1S/C14H11BrFNO.BrH/c1-9-8-11(2-3-12(9)16)14(18)13(15)10-4-6-17-7-5-10;/h2-8,13H,1H3;1H. The first kappa shape index (κ1) is 16.0. The van der Waals surface area contributed by atoms with Gasteiger partial charge < -0.3 is 0 Å². The summed E-state index contributed by atoms with van der Waals surface area (Å²) in [6, 6.07) is 7.92. The van der Waals surface area contributed by atoms with E-state index in [2.05, 4.69) is 20.9 Å². The second-order valence-electron chi connectivity index (χ2n) is 3.97. The van der Waals surface area contributed by atoms with E-state index in [1.54, 1.807) is 37.5 Å². The molecule has 1 atom stereocenters. The Labute approximate surface area is 130 Å². The number of Topliss-reactive ketones (excluding diaryl/α,β-unsaturated/α-hetero) is 1. The highest BCUT2D eigenvalue weighted by Crippen LogP contribution is 2.27. The molecule has 1 unspecified atom stereocenters. The Morgan fingerprint density at radius 3 is 2.47 bits per heavy atom. The SMILES string of the molecule is Br.Cc1cc(C(=O)C(Br)c2ccncc2)ccc1F. The molecule has 0 aliphatic rings. The van der Waals surface area contributed by atoms with Gasteiger partial charge in [-0.15, -0.1) is 17.0 Å². The number of aromatic nitrogens is 1. The number of benzene rings is 1. The van der Waals surface area contributed by atoms with Crippen LogP contribution in [0.2, 0.25) is 0 Å². The molecule has 1 heterocycles. The van der Waals surface area contributed by atoms with Gasteiger partial charge in [0.1, 0.15) is 10.6 Å². The Morgan fingerprint density at radius 2 is 1.89 bits per heavy atom. The van der Waals surface area contributed by atoms with E-state index in [4.69, 9.17) is 0 Å². The van der Waals surface area contributed by atoms with Gasteiger partial charge in [0.15, 0.2) is 5.78 Å². The number of halogens is 3. The number of pyridine rings is 1. The number of nitrogens with zero attached hydrogens (tertiary/aromatic N) is 1. The van der Waals surface area contributed by atoms with Crippen LogP contribution in [0, 0.1) is 12.7 Å². The monoisotopic (exact) mass is 387 g/mol. The van der Waals surface area contributed by atoms with Crippen molar-refractivity contribution in [2.24, 2.45) is 0 Å². The molecular formula is C14H12Br2FNO. The van der Waals surface area contributed by atoms with Crippen molar-refractivity contribution in [1.82, 2.24) is 4.98 Å². The fourth-order valence-electron chi connectivity index (χ4n) is 1.63. The number of hydrogen-bond acceptors (Lipinski definition) is 2. The molecule has 1 aromatic heterocycles. The van der Waals surface area contributed by atoms with Gasteiger partial charge >= 0.3 is 0 Å². The molecule has 19 heavy (non-hydrogen) atoms. The average molecular weight is 389 g/mol. The first-order chi connectivity index (χ1) is 8.59. The maximum Gasteiger partial charge on any atom is 0.180 e. The summed E-state index contributed by atoms with van der Waals surface area (Å²) < 4.78 is 13.2. The molecule has 5 heteroatoms. The molecule has 100 valence electrons. The van der Waals surface area contributed by atoms with Crippen LogP contribution in [0.3, 0.4) is 0 Å². The minimum absolute atomic E-state index is 0. The summed E-state index contributed by atoms with van der Waals surface area (Å²) in [6.07, 6.45) is 3.26. The highest BCUT2D eigenvalue weighted by molar-refractivity contribution is 9.09. The summed E-state index contributed by atoms with van der Waals surface area (Å²) in [5.41, 5.74) is 1.79. The summed E-state index contributed by atoms with van der Waals surface area (Å²) >= 11 is 3.36. The largest absolute Gasteiger partial charge is 0.293 e. The van der Waals surface area contributed by atoms with Gasteiger partial charge in [-0.2, -0.15) is 0 Å². The highest BCUT2D eigenvalue weighted by Gasteiger charge is 2.19. The Morgan fingerprint density at radius 1 is 1.26 bits per heavy atom. The third-order valence-corrected chi connectivity index (χ3v) is 3.62. The lowest BCUT2D eigenvalue weighted by Gasteiger charge is -2.09. The smallest absolute Gasteiger partial charge is 0.180 e. The first-order valence-electron chi connectivity index (χ1n) is 5.44. The van der Waals surface area contributed by atoms with Crippen LogP contribution in [0.15, 0.2) is 42.7 Å². The molecule has 0 spiro atoms. The van der Waals surface area contributed by atoms with E-state index >= 15 is 0 Å². The van der Waals surface area contributed by atoms with Gasteiger partial charge in [0.05, 0.1) is 0 Å². The normalized spacial score (nSPS) is 11.5. The van der Waals surface area contributed by atoms with Crippen molar-refractivity contribution in [3.05, 3.63) is 65.2 Å². The average Bonchev–Trinajstić information content (AvgIpc) is 2.41. The molecular weight excluding hydrogens is 377 g/mol. The number of rotatable bonds is 3. The molecule has 0 bridgehead atoms. The minimum Gasteiger partial charge on any atom is -0.293 e. The predicted octanol–water partition coefficient (Wildman–Crippen LogP) is 4.43. The maximum absolute atomic E-state index is 13.2. The fraction of sp³-hybridized carbons (Fsp3) is 0.143. The van der Waals surface area contributed by atoms with Gasteiger partial charge in [-0.3, -0.25) is 9.78 Å². The van der Waals surface area contributed by atoms with Crippen molar-refractivity contribution in [3.8, 4) is 0 Å². The quantitative estimate of drug-likeness (QED) is 0.575. The van der Waals surface area contributed by atoms with Gasteiger partial charge in [-0.05, 0) is 48.4 Å². The van der Waals surface area contributed by atoms with Crippen LogP contribution in [-0.2, 0) is 0 Å². The predicted molar refractivity (Wildman–Crippen MR) is 81.7 cm³/mol. The zero-order valence-electron chi connectivity index (χ0n) is 10.1. The molecule has 0 saturated heterocycles. The van der Waals surface area contributed by atoms with Crippen molar-refractivity contribution in [1.29, 1.82) is 0 Å². The molecule has 2 aromatic rings. The van der Waals surface area contributed by atoms with E-state index in [1.165, 1.54) is 12.1 Å². The van der Waals surface area contributed by atoms with Crippen molar-refractivity contribution in [2.45, 2.75) is 11.8 Å². The van der Waals surface area contributed by atoms with Crippen molar-refractivity contribution in [2.75, 3.05) is 0 Å². The molecule has 0 aliphatic carbocycles. The van der Waals surface area contributed by atoms with Gasteiger partial charge in [0.2, 0.25) is 0 Å². The summed E-state index contributed by atoms with van der Waals surface area (Å²) in [7, 11) is 0. The van der Waals surface area contributed by atoms with Gasteiger partial charge in [0, 0.05) is 18.0 Å². The Bertz CT molecular complexity index is 575. The highest BCUT2D eigenvalue weighted by atomic mass is 79.9. The molecule has 0 fully saturated rings. The van der Waals surface area contributed by atoms with Gasteiger partial charge in [0.25, 0.3) is 0 Å². The van der Waals surface area contributed by atoms with E-state index < -0.39 is 4.83 Å². The Kier molecular flexibility index (Phi) is 5.82. The van der Waals surface area contributed by atoms with E-state index in [0.29, 0.717) is 11.1 Å². The number of ketones is 1.